The number of methoxy groups -OCH3 is 1. The van der Waals surface area contributed by atoms with Crippen LogP contribution in [0.2, 0.25) is 0 Å². The molecular formula is C24H36IN5O2. The second-order valence-electron chi connectivity index (χ2n) is 7.59. The fourth-order valence-electron chi connectivity index (χ4n) is 3.74. The number of nitrogens with one attached hydrogen (secondary N) is 2. The number of ether oxygens (including phenoxy) is 2. The first-order chi connectivity index (χ1) is 15.2. The quantitative estimate of drug-likeness (QED) is 0.201. The van der Waals surface area contributed by atoms with Crippen LogP contribution in [-0.4, -0.2) is 51.3 Å². The van der Waals surface area contributed by atoms with Crippen molar-refractivity contribution in [1.29, 1.82) is 0 Å². The van der Waals surface area contributed by atoms with Crippen LogP contribution in [0.5, 0.6) is 11.5 Å². The van der Waals surface area contributed by atoms with Crippen LogP contribution in [-0.2, 0) is 13.0 Å². The van der Waals surface area contributed by atoms with E-state index in [1.54, 1.807) is 14.2 Å². The topological polar surface area (TPSA) is 71.0 Å². The number of nitrogens with zero attached hydrogens (tertiary/aromatic N) is 3. The molecule has 7 nitrogen and oxygen atoms in total. The number of benzene rings is 1. The monoisotopic (exact) mass is 553 g/mol. The number of rotatable bonds is 10. The van der Waals surface area contributed by atoms with Gasteiger partial charge in [-0.1, -0.05) is 6.07 Å². The van der Waals surface area contributed by atoms with E-state index in [1.807, 2.05) is 19.2 Å². The first-order valence-corrected chi connectivity index (χ1v) is 11.2. The highest BCUT2D eigenvalue weighted by Crippen LogP contribution is 2.28. The highest BCUT2D eigenvalue weighted by Gasteiger charge is 2.13. The second kappa shape index (κ2) is 14.0. The first-order valence-electron chi connectivity index (χ1n) is 11.2. The average molecular weight is 553 g/mol. The molecule has 1 aromatic heterocycles. The highest BCUT2D eigenvalue weighted by molar-refractivity contribution is 14.0. The van der Waals surface area contributed by atoms with Crippen molar-refractivity contribution < 1.29 is 9.47 Å². The van der Waals surface area contributed by atoms with Crippen LogP contribution in [0.25, 0.3) is 0 Å². The first kappa shape index (κ1) is 26.0. The van der Waals surface area contributed by atoms with Crippen LogP contribution < -0.4 is 25.0 Å². The van der Waals surface area contributed by atoms with Crippen LogP contribution >= 0.6 is 24.0 Å². The molecule has 0 unspecified atom stereocenters. The van der Waals surface area contributed by atoms with Crippen molar-refractivity contribution in [1.82, 2.24) is 15.6 Å². The van der Waals surface area contributed by atoms with E-state index >= 15 is 0 Å². The van der Waals surface area contributed by atoms with Crippen molar-refractivity contribution in [3.63, 3.8) is 0 Å². The molecule has 1 aliphatic heterocycles. The Hall–Kier alpha value is -2.23. The second-order valence-corrected chi connectivity index (χ2v) is 7.59. The highest BCUT2D eigenvalue weighted by atomic mass is 127. The Morgan fingerprint density at radius 3 is 2.62 bits per heavy atom. The van der Waals surface area contributed by atoms with E-state index in [2.05, 4.69) is 49.8 Å². The van der Waals surface area contributed by atoms with Gasteiger partial charge in [-0.15, -0.1) is 24.0 Å². The van der Waals surface area contributed by atoms with E-state index in [0.29, 0.717) is 6.61 Å². The minimum Gasteiger partial charge on any atom is -0.493 e. The summed E-state index contributed by atoms with van der Waals surface area (Å²) in [7, 11) is 3.47. The van der Waals surface area contributed by atoms with Gasteiger partial charge >= 0.3 is 0 Å². The third-order valence-corrected chi connectivity index (χ3v) is 5.39. The molecule has 1 aromatic carbocycles. The predicted molar refractivity (Wildman–Crippen MR) is 142 cm³/mol. The van der Waals surface area contributed by atoms with Gasteiger partial charge in [-0.25, -0.2) is 4.98 Å². The largest absolute Gasteiger partial charge is 0.493 e. The van der Waals surface area contributed by atoms with Gasteiger partial charge in [0.1, 0.15) is 5.82 Å². The lowest BCUT2D eigenvalue weighted by atomic mass is 10.1. The molecule has 2 heterocycles. The molecule has 0 saturated carbocycles. The van der Waals surface area contributed by atoms with Gasteiger partial charge < -0.3 is 25.0 Å². The van der Waals surface area contributed by atoms with Gasteiger partial charge in [0.2, 0.25) is 0 Å². The molecule has 2 aromatic rings. The fraction of sp³-hybridized carbons (Fsp3) is 0.500. The Morgan fingerprint density at radius 2 is 1.91 bits per heavy atom. The van der Waals surface area contributed by atoms with Crippen LogP contribution in [0.15, 0.2) is 41.5 Å². The molecule has 0 bridgehead atoms. The number of anilines is 1. The van der Waals surface area contributed by atoms with E-state index in [4.69, 9.17) is 9.47 Å². The molecule has 0 aliphatic carbocycles. The fourth-order valence-corrected chi connectivity index (χ4v) is 3.74. The summed E-state index contributed by atoms with van der Waals surface area (Å²) in [6.45, 7) is 6.37. The molecule has 0 atom stereocenters. The van der Waals surface area contributed by atoms with Crippen molar-refractivity contribution in [2.24, 2.45) is 4.99 Å². The average Bonchev–Trinajstić information content (AvgIpc) is 3.34. The molecule has 0 spiro atoms. The molecule has 1 aliphatic rings. The van der Waals surface area contributed by atoms with Gasteiger partial charge in [0.15, 0.2) is 17.5 Å². The molecule has 1 saturated heterocycles. The van der Waals surface area contributed by atoms with E-state index < -0.39 is 0 Å². The van der Waals surface area contributed by atoms with E-state index in [9.17, 15) is 0 Å². The van der Waals surface area contributed by atoms with E-state index in [0.717, 1.165) is 62.3 Å². The lowest BCUT2D eigenvalue weighted by molar-refractivity contribution is 0.310. The van der Waals surface area contributed by atoms with Gasteiger partial charge in [-0.2, -0.15) is 0 Å². The number of aromatic nitrogens is 1. The number of aliphatic imine (C=N–C) groups is 1. The molecular weight excluding hydrogens is 517 g/mol. The molecule has 2 N–H and O–H groups in total. The summed E-state index contributed by atoms with van der Waals surface area (Å²) in [5.41, 5.74) is 2.45. The maximum atomic E-state index is 5.67. The summed E-state index contributed by atoms with van der Waals surface area (Å²) in [6, 6.07) is 10.4. The maximum Gasteiger partial charge on any atom is 0.191 e. The summed E-state index contributed by atoms with van der Waals surface area (Å²) >= 11 is 0. The van der Waals surface area contributed by atoms with Crippen molar-refractivity contribution in [3.8, 4) is 11.5 Å². The lowest BCUT2D eigenvalue weighted by Crippen LogP contribution is -2.37. The van der Waals surface area contributed by atoms with Crippen molar-refractivity contribution in [2.45, 2.75) is 39.2 Å². The minimum absolute atomic E-state index is 0. The van der Waals surface area contributed by atoms with Gasteiger partial charge in [0, 0.05) is 39.4 Å². The molecule has 176 valence electrons. The van der Waals surface area contributed by atoms with Crippen LogP contribution in [0.3, 0.4) is 0 Å². The van der Waals surface area contributed by atoms with Gasteiger partial charge in [0.05, 0.1) is 13.7 Å². The summed E-state index contributed by atoms with van der Waals surface area (Å²) in [5, 5.41) is 6.80. The Labute approximate surface area is 209 Å². The molecule has 0 radical (unpaired) electrons. The zero-order valence-electron chi connectivity index (χ0n) is 19.4. The van der Waals surface area contributed by atoms with Crippen LogP contribution in [0.1, 0.15) is 37.3 Å². The molecule has 3 rings (SSSR count). The predicted octanol–water partition coefficient (Wildman–Crippen LogP) is 4.00. The van der Waals surface area contributed by atoms with Gasteiger partial charge in [-0.05, 0) is 68.0 Å². The van der Waals surface area contributed by atoms with Crippen LogP contribution in [0.4, 0.5) is 5.82 Å². The summed E-state index contributed by atoms with van der Waals surface area (Å²) in [5.74, 6) is 3.46. The van der Waals surface area contributed by atoms with Crippen molar-refractivity contribution >= 4 is 35.8 Å². The summed E-state index contributed by atoms with van der Waals surface area (Å²) in [6.07, 6.45) is 6.35. The standard InChI is InChI=1S/C24H35N5O2.HI/c1-4-31-22-16-19(9-10-21(22)30-3)8-7-12-27-24(25-2)28-18-20-11-13-26-23(17-20)29-14-5-6-15-29;/h9-11,13,16-17H,4-8,12,14-15,18H2,1-3H3,(H2,25,27,28);1H. The van der Waals surface area contributed by atoms with Crippen molar-refractivity contribution in [3.05, 3.63) is 47.7 Å². The van der Waals surface area contributed by atoms with E-state index in [-0.39, 0.29) is 24.0 Å². The van der Waals surface area contributed by atoms with Crippen molar-refractivity contribution in [2.75, 3.05) is 45.3 Å². The summed E-state index contributed by atoms with van der Waals surface area (Å²) in [4.78, 5) is 11.2. The Kier molecular flexibility index (Phi) is 11.4. The maximum absolute atomic E-state index is 5.67. The SMILES string of the molecule is CCOc1cc(CCCNC(=NC)NCc2ccnc(N3CCCC3)c2)ccc1OC.I. The van der Waals surface area contributed by atoms with Crippen LogP contribution in [0, 0.1) is 0 Å². The smallest absolute Gasteiger partial charge is 0.191 e. The number of pyridine rings is 1. The third-order valence-electron chi connectivity index (χ3n) is 5.39. The number of halogens is 1. The summed E-state index contributed by atoms with van der Waals surface area (Å²) < 4.78 is 11.0. The number of guanidine groups is 1. The number of hydrogen-bond acceptors (Lipinski definition) is 5. The zero-order valence-corrected chi connectivity index (χ0v) is 21.7. The molecule has 0 amide bonds. The normalized spacial score (nSPS) is 13.5. The molecule has 1 fully saturated rings. The molecule has 32 heavy (non-hydrogen) atoms. The molecule has 8 heteroatoms. The number of aryl methyl sites for hydroxylation is 1. The minimum atomic E-state index is 0. The van der Waals surface area contributed by atoms with E-state index in [1.165, 1.54) is 24.0 Å². The number of hydrogen-bond donors (Lipinski definition) is 2. The Morgan fingerprint density at radius 1 is 1.09 bits per heavy atom. The van der Waals surface area contributed by atoms with Gasteiger partial charge in [-0.3, -0.25) is 4.99 Å². The Balaban J connectivity index is 0.00000363. The zero-order chi connectivity index (χ0) is 21.9. The lowest BCUT2D eigenvalue weighted by Gasteiger charge is -2.17. The Bertz CT molecular complexity index is 856. The third kappa shape index (κ3) is 7.72. The van der Waals surface area contributed by atoms with Gasteiger partial charge in [0.25, 0.3) is 0 Å².